The maximum absolute atomic E-state index is 12.8. The summed E-state index contributed by atoms with van der Waals surface area (Å²) in [5, 5.41) is 20.5. The Bertz CT molecular complexity index is 613. The number of hydrogen-bond donors (Lipinski definition) is 1. The van der Waals surface area contributed by atoms with Crippen molar-refractivity contribution in [1.82, 2.24) is 4.57 Å². The van der Waals surface area contributed by atoms with E-state index >= 15 is 0 Å². The van der Waals surface area contributed by atoms with Crippen molar-refractivity contribution in [2.24, 2.45) is 0 Å². The second-order valence-electron chi connectivity index (χ2n) is 4.58. The zero-order valence-corrected chi connectivity index (χ0v) is 10.5. The van der Waals surface area contributed by atoms with E-state index < -0.39 is 40.1 Å². The molecule has 1 aliphatic heterocycles. The maximum Gasteiger partial charge on any atom is 0.418 e. The minimum atomic E-state index is -4.84. The Balaban J connectivity index is 2.61. The molecule has 1 saturated heterocycles. The van der Waals surface area contributed by atoms with Crippen molar-refractivity contribution < 1.29 is 27.9 Å². The van der Waals surface area contributed by atoms with Crippen LogP contribution in [0.4, 0.5) is 18.9 Å². The van der Waals surface area contributed by atoms with Crippen LogP contribution in [0, 0.1) is 10.1 Å². The molecule has 1 aliphatic rings. The lowest BCUT2D eigenvalue weighted by Crippen LogP contribution is -2.39. The summed E-state index contributed by atoms with van der Waals surface area (Å²) < 4.78 is 43.9. The van der Waals surface area contributed by atoms with E-state index in [1.54, 1.807) is 0 Å². The summed E-state index contributed by atoms with van der Waals surface area (Å²) in [7, 11) is 0. The summed E-state index contributed by atoms with van der Waals surface area (Å²) >= 11 is 0. The van der Waals surface area contributed by atoms with Crippen molar-refractivity contribution in [3.8, 4) is 0 Å². The van der Waals surface area contributed by atoms with E-state index in [-0.39, 0.29) is 25.7 Å². The fourth-order valence-corrected chi connectivity index (χ4v) is 2.16. The van der Waals surface area contributed by atoms with E-state index in [1.807, 2.05) is 0 Å². The number of halogens is 3. The van der Waals surface area contributed by atoms with Crippen LogP contribution in [0.1, 0.15) is 18.0 Å². The predicted octanol–water partition coefficient (Wildman–Crippen LogP) is 1.10. The molecule has 0 radical (unpaired) electrons. The largest absolute Gasteiger partial charge is 0.418 e. The molecule has 1 aromatic rings. The van der Waals surface area contributed by atoms with Gasteiger partial charge in [-0.05, 0) is 6.42 Å². The highest BCUT2D eigenvalue weighted by atomic mass is 19.4. The van der Waals surface area contributed by atoms with Gasteiger partial charge in [0.25, 0.3) is 0 Å². The number of nitrogens with zero attached hydrogens (tertiary/aromatic N) is 2. The molecule has 1 fully saturated rings. The van der Waals surface area contributed by atoms with Crippen molar-refractivity contribution in [2.45, 2.75) is 24.7 Å². The van der Waals surface area contributed by atoms with Crippen LogP contribution in [-0.4, -0.2) is 33.9 Å². The van der Waals surface area contributed by atoms with Gasteiger partial charge < -0.3 is 14.4 Å². The second-order valence-corrected chi connectivity index (χ2v) is 4.58. The van der Waals surface area contributed by atoms with Crippen molar-refractivity contribution in [3.63, 3.8) is 0 Å². The first-order valence-electron chi connectivity index (χ1n) is 5.95. The monoisotopic (exact) mass is 308 g/mol. The standard InChI is InChI=1S/C11H11F3N2O5/c12-11(13,14)6-3-8(16(19)20)10(18)15(4-6)7-1-2-21-5-9(7)17/h3-4,7,9,17H,1-2,5H2/t7-,9?/m1/s1. The summed E-state index contributed by atoms with van der Waals surface area (Å²) in [6.45, 7) is -0.0145. The Hall–Kier alpha value is -1.94. The summed E-state index contributed by atoms with van der Waals surface area (Å²) in [6, 6.07) is -0.794. The number of ether oxygens (including phenoxy) is 1. The topological polar surface area (TPSA) is 94.6 Å². The molecule has 0 saturated carbocycles. The summed E-state index contributed by atoms with van der Waals surface area (Å²) in [6.07, 6.45) is -5.47. The molecule has 1 aromatic heterocycles. The molecule has 1 N–H and O–H groups in total. The van der Waals surface area contributed by atoms with E-state index in [2.05, 4.69) is 0 Å². The predicted molar refractivity (Wildman–Crippen MR) is 62.8 cm³/mol. The van der Waals surface area contributed by atoms with E-state index in [0.717, 1.165) is 0 Å². The van der Waals surface area contributed by atoms with E-state index in [1.165, 1.54) is 0 Å². The molecule has 0 aromatic carbocycles. The molecular formula is C11H11F3N2O5. The highest BCUT2D eigenvalue weighted by Gasteiger charge is 2.36. The average molecular weight is 308 g/mol. The molecule has 2 rings (SSSR count). The molecule has 0 bridgehead atoms. The quantitative estimate of drug-likeness (QED) is 0.652. The third-order valence-electron chi connectivity index (χ3n) is 3.20. The number of hydrogen-bond acceptors (Lipinski definition) is 5. The van der Waals surface area contributed by atoms with Gasteiger partial charge in [0.15, 0.2) is 0 Å². The molecule has 116 valence electrons. The molecule has 0 aliphatic carbocycles. The molecule has 7 nitrogen and oxygen atoms in total. The summed E-state index contributed by atoms with van der Waals surface area (Å²) in [4.78, 5) is 21.5. The lowest BCUT2D eigenvalue weighted by atomic mass is 10.1. The van der Waals surface area contributed by atoms with E-state index in [0.29, 0.717) is 10.8 Å². The Labute approximate surface area is 115 Å². The minimum Gasteiger partial charge on any atom is -0.389 e. The van der Waals surface area contributed by atoms with Gasteiger partial charge in [-0.25, -0.2) is 0 Å². The second kappa shape index (κ2) is 5.45. The number of aliphatic hydroxyl groups is 1. The molecule has 2 atom stereocenters. The molecule has 10 heteroatoms. The van der Waals surface area contributed by atoms with Gasteiger partial charge in [-0.2, -0.15) is 13.2 Å². The Morgan fingerprint density at radius 1 is 1.48 bits per heavy atom. The first-order valence-corrected chi connectivity index (χ1v) is 5.95. The molecule has 0 spiro atoms. The lowest BCUT2D eigenvalue weighted by molar-refractivity contribution is -0.386. The van der Waals surface area contributed by atoms with Crippen LogP contribution in [0.15, 0.2) is 17.1 Å². The van der Waals surface area contributed by atoms with Gasteiger partial charge in [-0.1, -0.05) is 0 Å². The summed E-state index contributed by atoms with van der Waals surface area (Å²) in [5.74, 6) is 0. The summed E-state index contributed by atoms with van der Waals surface area (Å²) in [5.41, 5.74) is -3.67. The molecule has 21 heavy (non-hydrogen) atoms. The minimum absolute atomic E-state index is 0.0829. The third kappa shape index (κ3) is 3.05. The number of rotatable bonds is 2. The first-order chi connectivity index (χ1) is 9.71. The van der Waals surface area contributed by atoms with Crippen LogP contribution in [0.25, 0.3) is 0 Å². The first kappa shape index (κ1) is 15.4. The zero-order valence-electron chi connectivity index (χ0n) is 10.5. The number of pyridine rings is 1. The number of aliphatic hydroxyl groups excluding tert-OH is 1. The number of nitro groups is 1. The third-order valence-corrected chi connectivity index (χ3v) is 3.20. The Morgan fingerprint density at radius 2 is 2.14 bits per heavy atom. The molecular weight excluding hydrogens is 297 g/mol. The van der Waals surface area contributed by atoms with Crippen LogP contribution in [0.2, 0.25) is 0 Å². The van der Waals surface area contributed by atoms with Gasteiger partial charge in [0, 0.05) is 18.9 Å². The average Bonchev–Trinajstić information content (AvgIpc) is 2.38. The van der Waals surface area contributed by atoms with Gasteiger partial charge >= 0.3 is 17.4 Å². The molecule has 1 unspecified atom stereocenters. The van der Waals surface area contributed by atoms with E-state index in [9.17, 15) is 33.2 Å². The van der Waals surface area contributed by atoms with E-state index in [4.69, 9.17) is 4.74 Å². The van der Waals surface area contributed by atoms with Crippen molar-refractivity contribution >= 4 is 5.69 Å². The number of alkyl halides is 3. The van der Waals surface area contributed by atoms with Gasteiger partial charge in [-0.15, -0.1) is 0 Å². The zero-order chi connectivity index (χ0) is 15.8. The van der Waals surface area contributed by atoms with Crippen LogP contribution in [0.3, 0.4) is 0 Å². The Kier molecular flexibility index (Phi) is 4.01. The molecule has 0 amide bonds. The number of aromatic nitrogens is 1. The SMILES string of the molecule is O=c1c([N+](=O)[O-])cc(C(F)(F)F)cn1[C@@H]1CCOCC1O. The maximum atomic E-state index is 12.8. The van der Waals surface area contributed by atoms with Gasteiger partial charge in [0.2, 0.25) is 0 Å². The van der Waals surface area contributed by atoms with Gasteiger partial charge in [0.1, 0.15) is 0 Å². The highest BCUT2D eigenvalue weighted by molar-refractivity contribution is 5.33. The fraction of sp³-hybridized carbons (Fsp3) is 0.545. The normalized spacial score (nSPS) is 23.0. The highest BCUT2D eigenvalue weighted by Crippen LogP contribution is 2.31. The lowest BCUT2D eigenvalue weighted by Gasteiger charge is -2.29. The Morgan fingerprint density at radius 3 is 2.67 bits per heavy atom. The van der Waals surface area contributed by atoms with Gasteiger partial charge in [-0.3, -0.25) is 14.9 Å². The fourth-order valence-electron chi connectivity index (χ4n) is 2.16. The van der Waals surface area contributed by atoms with Crippen LogP contribution >= 0.6 is 0 Å². The van der Waals surface area contributed by atoms with Crippen molar-refractivity contribution in [3.05, 3.63) is 38.3 Å². The molecule has 2 heterocycles. The van der Waals surface area contributed by atoms with Gasteiger partial charge in [0.05, 0.1) is 29.2 Å². The van der Waals surface area contributed by atoms with Crippen molar-refractivity contribution in [2.75, 3.05) is 13.2 Å². The smallest absolute Gasteiger partial charge is 0.389 e. The van der Waals surface area contributed by atoms with Crippen LogP contribution in [-0.2, 0) is 10.9 Å². The van der Waals surface area contributed by atoms with Crippen molar-refractivity contribution in [1.29, 1.82) is 0 Å². The van der Waals surface area contributed by atoms with Crippen LogP contribution in [0.5, 0.6) is 0 Å². The van der Waals surface area contributed by atoms with Crippen LogP contribution < -0.4 is 5.56 Å².